The van der Waals surface area contributed by atoms with E-state index in [9.17, 15) is 0 Å². The van der Waals surface area contributed by atoms with Crippen molar-refractivity contribution in [3.63, 3.8) is 0 Å². The molecule has 12 aromatic carbocycles. The first-order valence-electron chi connectivity index (χ1n) is 33.9. The molecule has 488 valence electrons. The number of rotatable bonds is 12. The van der Waals surface area contributed by atoms with Gasteiger partial charge in [0.15, 0.2) is 0 Å². The Balaban J connectivity index is 0.000000204. The monoisotopic (exact) mass is 1470 g/mol. The fourth-order valence-corrected chi connectivity index (χ4v) is 19.8. The molecule has 0 N–H and O–H groups in total. The summed E-state index contributed by atoms with van der Waals surface area (Å²) in [5, 5.41) is 17.5. The summed E-state index contributed by atoms with van der Waals surface area (Å²) < 4.78 is 0. The van der Waals surface area contributed by atoms with Crippen LogP contribution in [0.2, 0.25) is 0 Å². The van der Waals surface area contributed by atoms with E-state index in [1.165, 1.54) is 131 Å². The van der Waals surface area contributed by atoms with Gasteiger partial charge in [-0.15, -0.1) is 114 Å². The van der Waals surface area contributed by atoms with Gasteiger partial charge in [0, 0.05) is 0 Å². The van der Waals surface area contributed by atoms with E-state index >= 15 is 0 Å². The Hall–Kier alpha value is -5.02. The van der Waals surface area contributed by atoms with Gasteiger partial charge in [0.25, 0.3) is 0 Å². The standard InChI is InChI=1S/4C16H21.2C12H10Si.2ClH.2Zr/c4*1-10(2)13-8-14-6-12(5)7-16(14)15(9-13)11(3)4;2*1-3-7-11(8-4-1)13-12-9-5-2-6-10-12;;;;/h4*6-11H,1-5H3;2*1-10H;2*1H;;/q4*-1;;;;;2*+2/p-2. The van der Waals surface area contributed by atoms with Crippen LogP contribution in [0.5, 0.6) is 0 Å². The molecule has 0 aliphatic rings. The summed E-state index contributed by atoms with van der Waals surface area (Å²) in [6.45, 7) is 45.1. The van der Waals surface area contributed by atoms with Crippen molar-refractivity contribution in [2.75, 3.05) is 0 Å². The number of benzene rings is 8. The minimum atomic E-state index is -0.455. The van der Waals surface area contributed by atoms with Crippen molar-refractivity contribution in [2.24, 2.45) is 0 Å². The maximum atomic E-state index is 2.39. The Labute approximate surface area is 611 Å². The fraction of sp³-hybridized carbons (Fsp3) is 0.318. The van der Waals surface area contributed by atoms with E-state index in [2.05, 4.69) is 357 Å². The average Bonchev–Trinajstić information content (AvgIpc) is 1.67. The summed E-state index contributed by atoms with van der Waals surface area (Å²) in [5.41, 5.74) is 16.4. The SMILES string of the molecule is Cc1cc2c(C(C)C)cc(C(C)C)cc2[cH-]1.Cc1cc2c(C(C)C)cc(C(C)C)cc2[cH-]1.Cc1cc2c(C(C)C)cc(C(C)C)cc2[cH-]1.Cc1cc2c(C(C)C)cc(C(C)C)cc2[cH-]1.[Cl-].[Cl-].[Zr+2]=[Si](c1ccccc1)c1ccccc1.[Zr+2]=[Si](c1ccccc1)c1ccccc1. The molecule has 0 heterocycles. The summed E-state index contributed by atoms with van der Waals surface area (Å²) in [5.74, 6) is 4.83. The van der Waals surface area contributed by atoms with Crippen LogP contribution in [0.4, 0.5) is 0 Å². The molecule has 0 aliphatic heterocycles. The zero-order chi connectivity index (χ0) is 67.1. The minimum absolute atomic E-state index is 0. The first-order valence-corrected chi connectivity index (χ1v) is 44.3. The molecule has 0 nitrogen and oxygen atoms in total. The number of halogens is 2. The van der Waals surface area contributed by atoms with Crippen molar-refractivity contribution in [2.45, 2.75) is 186 Å². The van der Waals surface area contributed by atoms with Crippen LogP contribution in [0.15, 0.2) is 218 Å². The van der Waals surface area contributed by atoms with Crippen molar-refractivity contribution in [3.8, 4) is 0 Å². The van der Waals surface area contributed by atoms with Gasteiger partial charge in [0.2, 0.25) is 0 Å². The summed E-state index contributed by atoms with van der Waals surface area (Å²) in [4.78, 5) is 0. The zero-order valence-corrected chi connectivity index (χ0v) is 68.6. The van der Waals surface area contributed by atoms with E-state index in [0.29, 0.717) is 47.3 Å². The number of hydrogen-bond acceptors (Lipinski definition) is 0. The molecule has 12 aromatic rings. The Bertz CT molecular complexity index is 3750. The van der Waals surface area contributed by atoms with Crippen LogP contribution in [-0.2, 0) is 46.7 Å². The topological polar surface area (TPSA) is 0 Å². The number of aryl methyl sites for hydroxylation is 4. The van der Waals surface area contributed by atoms with Gasteiger partial charge in [-0.3, -0.25) is 0 Å². The third-order valence-corrected chi connectivity index (χ3v) is 29.6. The maximum absolute atomic E-state index is 2.39. The van der Waals surface area contributed by atoms with Gasteiger partial charge in [0.1, 0.15) is 0 Å². The summed E-state index contributed by atoms with van der Waals surface area (Å²) >= 11 is 3.29. The molecule has 0 unspecified atom stereocenters. The van der Waals surface area contributed by atoms with Crippen LogP contribution >= 0.6 is 0 Å². The summed E-state index contributed by atoms with van der Waals surface area (Å²) in [7, 11) is 0. The van der Waals surface area contributed by atoms with Crippen molar-refractivity contribution >= 4 is 74.7 Å². The molecular formula is C88H104Cl2Si2Zr2-2. The molecule has 0 atom stereocenters. The molecule has 0 radical (unpaired) electrons. The Morgan fingerprint density at radius 1 is 0.245 bits per heavy atom. The molecule has 0 aromatic heterocycles. The molecule has 0 saturated carbocycles. The third kappa shape index (κ3) is 22.0. The van der Waals surface area contributed by atoms with Gasteiger partial charge in [-0.1, -0.05) is 207 Å². The molecular weight excluding hydrogens is 1370 g/mol. The Morgan fingerprint density at radius 2 is 0.415 bits per heavy atom. The molecule has 0 spiro atoms. The second kappa shape index (κ2) is 37.6. The Kier molecular flexibility index (Phi) is 31.9. The van der Waals surface area contributed by atoms with E-state index in [0.717, 1.165) is 0 Å². The molecule has 12 rings (SSSR count). The van der Waals surface area contributed by atoms with Crippen molar-refractivity contribution in [1.29, 1.82) is 0 Å². The number of hydrogen-bond donors (Lipinski definition) is 0. The van der Waals surface area contributed by atoms with Crippen molar-refractivity contribution < 1.29 is 71.5 Å². The van der Waals surface area contributed by atoms with Crippen LogP contribution in [0, 0.1) is 27.7 Å². The molecule has 0 amide bonds. The Morgan fingerprint density at radius 3 is 0.564 bits per heavy atom. The van der Waals surface area contributed by atoms with E-state index in [1.807, 2.05) is 0 Å². The van der Waals surface area contributed by atoms with Crippen molar-refractivity contribution in [3.05, 3.63) is 285 Å². The zero-order valence-electron chi connectivity index (χ0n) is 60.2. The van der Waals surface area contributed by atoms with E-state index < -0.39 is 10.9 Å². The number of fused-ring (bicyclic) bond motifs is 4. The first-order chi connectivity index (χ1) is 43.7. The first kappa shape index (κ1) is 79.7. The van der Waals surface area contributed by atoms with Crippen LogP contribution in [0.25, 0.3) is 43.1 Å². The van der Waals surface area contributed by atoms with E-state index in [-0.39, 0.29) is 24.8 Å². The quantitative estimate of drug-likeness (QED) is 0.0845. The molecule has 0 bridgehead atoms. The van der Waals surface area contributed by atoms with Crippen LogP contribution in [0.1, 0.15) is 225 Å². The summed E-state index contributed by atoms with van der Waals surface area (Å²) in [6, 6.07) is 80.7. The van der Waals surface area contributed by atoms with Gasteiger partial charge >= 0.3 is 200 Å². The average molecular weight is 1470 g/mol. The fourth-order valence-electron chi connectivity index (χ4n) is 12.1. The van der Waals surface area contributed by atoms with Crippen LogP contribution < -0.4 is 45.6 Å². The molecule has 94 heavy (non-hydrogen) atoms. The summed E-state index contributed by atoms with van der Waals surface area (Å²) in [6.07, 6.45) is 0. The van der Waals surface area contributed by atoms with Gasteiger partial charge in [0.05, 0.1) is 0 Å². The molecule has 0 saturated heterocycles. The van der Waals surface area contributed by atoms with Gasteiger partial charge < -0.3 is 24.8 Å². The molecule has 6 heteroatoms. The third-order valence-electron chi connectivity index (χ3n) is 17.5. The van der Waals surface area contributed by atoms with Gasteiger partial charge in [-0.05, 0) is 47.3 Å². The van der Waals surface area contributed by atoms with E-state index in [1.54, 1.807) is 46.7 Å². The normalized spacial score (nSPS) is 11.1. The molecule has 0 aliphatic carbocycles. The second-order valence-electron chi connectivity index (χ2n) is 28.0. The molecule has 0 fully saturated rings. The second-order valence-corrected chi connectivity index (χ2v) is 39.2. The predicted molar refractivity (Wildman–Crippen MR) is 406 cm³/mol. The predicted octanol–water partition coefficient (Wildman–Crippen LogP) is 17.1. The van der Waals surface area contributed by atoms with Crippen LogP contribution in [0.3, 0.4) is 0 Å². The van der Waals surface area contributed by atoms with E-state index in [4.69, 9.17) is 0 Å². The van der Waals surface area contributed by atoms with Crippen molar-refractivity contribution in [1.82, 2.24) is 0 Å². The van der Waals surface area contributed by atoms with Gasteiger partial charge in [-0.25, -0.2) is 0 Å². The van der Waals surface area contributed by atoms with Gasteiger partial charge in [-0.2, -0.15) is 24.3 Å². The van der Waals surface area contributed by atoms with Crippen LogP contribution in [-0.4, -0.2) is 10.9 Å².